The van der Waals surface area contributed by atoms with Crippen molar-refractivity contribution in [3.8, 4) is 10.7 Å². The first-order valence-corrected chi connectivity index (χ1v) is 9.54. The Hall–Kier alpha value is -1.70. The summed E-state index contributed by atoms with van der Waals surface area (Å²) in [7, 11) is 1.80. The molecule has 3 aromatic rings. The van der Waals surface area contributed by atoms with Gasteiger partial charge in [-0.05, 0) is 30.0 Å². The van der Waals surface area contributed by atoms with Crippen molar-refractivity contribution in [1.82, 2.24) is 15.0 Å². The van der Waals surface area contributed by atoms with Crippen LogP contribution in [-0.2, 0) is 17.8 Å². The van der Waals surface area contributed by atoms with Crippen LogP contribution in [0.3, 0.4) is 0 Å². The number of hydrogen-bond acceptors (Lipinski definition) is 6. The standard InChI is InChI=1S/C16H16ClN3O2S2/c1-20(10-11-7-8-13(17)24-11)15(21)6-2-5-14-18-16(19-22-14)12-4-3-9-23-12/h3-4,7-9H,2,5-6,10H2,1H3. The lowest BCUT2D eigenvalue weighted by molar-refractivity contribution is -0.130. The molecule has 0 atom stereocenters. The third-order valence-electron chi connectivity index (χ3n) is 3.44. The molecule has 0 aliphatic heterocycles. The average Bonchev–Trinajstić information content (AvgIpc) is 3.28. The molecule has 0 spiro atoms. The van der Waals surface area contributed by atoms with Gasteiger partial charge in [0.15, 0.2) is 0 Å². The smallest absolute Gasteiger partial charge is 0.226 e. The fraction of sp³-hybridized carbons (Fsp3) is 0.312. The van der Waals surface area contributed by atoms with Crippen molar-refractivity contribution in [3.63, 3.8) is 0 Å². The summed E-state index contributed by atoms with van der Waals surface area (Å²) in [5.74, 6) is 1.27. The van der Waals surface area contributed by atoms with Crippen LogP contribution in [0, 0.1) is 0 Å². The second-order valence-electron chi connectivity index (χ2n) is 5.30. The Balaban J connectivity index is 1.45. The Morgan fingerprint density at radius 1 is 1.38 bits per heavy atom. The molecular formula is C16H16ClN3O2S2. The second-order valence-corrected chi connectivity index (χ2v) is 8.05. The Morgan fingerprint density at radius 3 is 2.96 bits per heavy atom. The Bertz CT molecular complexity index is 798. The van der Waals surface area contributed by atoms with Gasteiger partial charge in [-0.1, -0.05) is 22.8 Å². The highest BCUT2D eigenvalue weighted by Gasteiger charge is 2.13. The summed E-state index contributed by atoms with van der Waals surface area (Å²) in [4.78, 5) is 20.3. The number of carbonyl (C=O) groups excluding carboxylic acids is 1. The summed E-state index contributed by atoms with van der Waals surface area (Å²) in [6.07, 6.45) is 1.73. The normalized spacial score (nSPS) is 10.9. The van der Waals surface area contributed by atoms with Crippen molar-refractivity contribution in [1.29, 1.82) is 0 Å². The highest BCUT2D eigenvalue weighted by molar-refractivity contribution is 7.16. The quantitative estimate of drug-likeness (QED) is 0.604. The fourth-order valence-corrected chi connectivity index (χ4v) is 3.99. The number of carbonyl (C=O) groups is 1. The minimum Gasteiger partial charge on any atom is -0.341 e. The molecule has 0 saturated heterocycles. The molecule has 3 rings (SSSR count). The molecule has 1 amide bonds. The molecule has 0 aliphatic rings. The van der Waals surface area contributed by atoms with E-state index in [1.807, 2.05) is 29.6 Å². The third kappa shape index (κ3) is 4.43. The van der Waals surface area contributed by atoms with Crippen LogP contribution in [0.15, 0.2) is 34.2 Å². The predicted octanol–water partition coefficient (Wildman–Crippen LogP) is 4.49. The molecule has 8 heteroatoms. The molecule has 0 unspecified atom stereocenters. The van der Waals surface area contributed by atoms with Gasteiger partial charge in [-0.15, -0.1) is 22.7 Å². The van der Waals surface area contributed by atoms with Gasteiger partial charge in [0.1, 0.15) is 0 Å². The van der Waals surface area contributed by atoms with Crippen LogP contribution in [0.2, 0.25) is 4.34 Å². The summed E-state index contributed by atoms with van der Waals surface area (Å²) in [5, 5.41) is 5.94. The molecule has 5 nitrogen and oxygen atoms in total. The summed E-state index contributed by atoms with van der Waals surface area (Å²) in [5.41, 5.74) is 0. The average molecular weight is 382 g/mol. The van der Waals surface area contributed by atoms with Gasteiger partial charge in [-0.3, -0.25) is 4.79 Å². The number of nitrogens with zero attached hydrogens (tertiary/aromatic N) is 3. The lowest BCUT2D eigenvalue weighted by Crippen LogP contribution is -2.25. The van der Waals surface area contributed by atoms with Gasteiger partial charge >= 0.3 is 0 Å². The number of amides is 1. The van der Waals surface area contributed by atoms with Gasteiger partial charge in [0.2, 0.25) is 17.6 Å². The topological polar surface area (TPSA) is 59.2 Å². The van der Waals surface area contributed by atoms with E-state index in [4.69, 9.17) is 16.1 Å². The molecule has 126 valence electrons. The first-order valence-electron chi connectivity index (χ1n) is 7.46. The van der Waals surface area contributed by atoms with Crippen LogP contribution in [0.25, 0.3) is 10.7 Å². The van der Waals surface area contributed by atoms with Gasteiger partial charge in [0, 0.05) is 24.8 Å². The summed E-state index contributed by atoms with van der Waals surface area (Å²) in [6.45, 7) is 0.583. The molecule has 3 aromatic heterocycles. The van der Waals surface area contributed by atoms with Crippen molar-refractivity contribution in [2.75, 3.05) is 7.05 Å². The maximum Gasteiger partial charge on any atom is 0.226 e. The zero-order valence-electron chi connectivity index (χ0n) is 13.1. The molecule has 0 saturated carbocycles. The van der Waals surface area contributed by atoms with Crippen LogP contribution >= 0.6 is 34.3 Å². The van der Waals surface area contributed by atoms with Crippen molar-refractivity contribution in [3.05, 3.63) is 44.7 Å². The molecule has 0 aliphatic carbocycles. The summed E-state index contributed by atoms with van der Waals surface area (Å²) < 4.78 is 5.98. The van der Waals surface area contributed by atoms with Gasteiger partial charge in [0.25, 0.3) is 0 Å². The van der Waals surface area contributed by atoms with E-state index in [-0.39, 0.29) is 5.91 Å². The molecule has 0 aromatic carbocycles. The number of hydrogen-bond donors (Lipinski definition) is 0. The van der Waals surface area contributed by atoms with Crippen LogP contribution in [0.1, 0.15) is 23.6 Å². The van der Waals surface area contributed by atoms with E-state index in [1.165, 1.54) is 11.3 Å². The van der Waals surface area contributed by atoms with E-state index in [0.29, 0.717) is 37.5 Å². The molecule has 0 N–H and O–H groups in total. The molecule has 24 heavy (non-hydrogen) atoms. The number of aromatic nitrogens is 2. The zero-order valence-corrected chi connectivity index (χ0v) is 15.5. The number of rotatable bonds is 7. The number of thiophene rings is 2. The summed E-state index contributed by atoms with van der Waals surface area (Å²) >= 11 is 8.97. The molecule has 0 radical (unpaired) electrons. The summed E-state index contributed by atoms with van der Waals surface area (Å²) in [6, 6.07) is 7.70. The molecule has 0 fully saturated rings. The Morgan fingerprint density at radius 2 is 2.25 bits per heavy atom. The first-order chi connectivity index (χ1) is 11.6. The van der Waals surface area contributed by atoms with Gasteiger partial charge < -0.3 is 9.42 Å². The van der Waals surface area contributed by atoms with Crippen LogP contribution in [0.4, 0.5) is 0 Å². The van der Waals surface area contributed by atoms with Crippen molar-refractivity contribution in [2.24, 2.45) is 0 Å². The minimum absolute atomic E-state index is 0.0949. The minimum atomic E-state index is 0.0949. The number of aryl methyl sites for hydroxylation is 1. The first kappa shape index (κ1) is 17.1. The zero-order chi connectivity index (χ0) is 16.9. The van der Waals surface area contributed by atoms with E-state index >= 15 is 0 Å². The van der Waals surface area contributed by atoms with Crippen molar-refractivity contribution < 1.29 is 9.32 Å². The van der Waals surface area contributed by atoms with Crippen LogP contribution in [-0.4, -0.2) is 28.0 Å². The maximum atomic E-state index is 12.2. The fourth-order valence-electron chi connectivity index (χ4n) is 2.20. The molecule has 3 heterocycles. The molecule has 0 bridgehead atoms. The number of halogens is 1. The van der Waals surface area contributed by atoms with E-state index in [0.717, 1.165) is 14.1 Å². The van der Waals surface area contributed by atoms with Crippen LogP contribution in [0.5, 0.6) is 0 Å². The van der Waals surface area contributed by atoms with Gasteiger partial charge in [-0.2, -0.15) is 4.98 Å². The third-order valence-corrected chi connectivity index (χ3v) is 5.52. The van der Waals surface area contributed by atoms with E-state index in [2.05, 4.69) is 10.1 Å². The highest BCUT2D eigenvalue weighted by atomic mass is 35.5. The van der Waals surface area contributed by atoms with Crippen molar-refractivity contribution in [2.45, 2.75) is 25.8 Å². The monoisotopic (exact) mass is 381 g/mol. The van der Waals surface area contributed by atoms with Crippen LogP contribution < -0.4 is 0 Å². The highest BCUT2D eigenvalue weighted by Crippen LogP contribution is 2.23. The Labute approximate surface area is 152 Å². The lowest BCUT2D eigenvalue weighted by Gasteiger charge is -2.15. The molecular weight excluding hydrogens is 366 g/mol. The SMILES string of the molecule is CN(Cc1ccc(Cl)s1)C(=O)CCCc1nc(-c2cccs2)no1. The maximum absolute atomic E-state index is 12.2. The van der Waals surface area contributed by atoms with Gasteiger partial charge in [-0.25, -0.2) is 0 Å². The predicted molar refractivity (Wildman–Crippen MR) is 96.4 cm³/mol. The van der Waals surface area contributed by atoms with E-state index in [9.17, 15) is 4.79 Å². The lowest BCUT2D eigenvalue weighted by atomic mass is 10.2. The van der Waals surface area contributed by atoms with Crippen molar-refractivity contribution >= 4 is 40.2 Å². The Kier molecular flexibility index (Phi) is 5.65. The van der Waals surface area contributed by atoms with Gasteiger partial charge in [0.05, 0.1) is 15.8 Å². The second kappa shape index (κ2) is 7.92. The largest absolute Gasteiger partial charge is 0.341 e. The van der Waals surface area contributed by atoms with E-state index in [1.54, 1.807) is 23.3 Å². The van der Waals surface area contributed by atoms with E-state index < -0.39 is 0 Å².